The van der Waals surface area contributed by atoms with Crippen molar-refractivity contribution in [3.05, 3.63) is 40.2 Å². The lowest BCUT2D eigenvalue weighted by Crippen LogP contribution is -2.29. The van der Waals surface area contributed by atoms with Crippen LogP contribution in [0.2, 0.25) is 0 Å². The van der Waals surface area contributed by atoms with Crippen LogP contribution >= 0.6 is 11.8 Å². The molecule has 4 N–H and O–H groups in total. The van der Waals surface area contributed by atoms with Gasteiger partial charge in [0.25, 0.3) is 5.56 Å². The second kappa shape index (κ2) is 8.81. The number of aromatic amines is 1. The van der Waals surface area contributed by atoms with Gasteiger partial charge >= 0.3 is 0 Å². The van der Waals surface area contributed by atoms with Gasteiger partial charge in [-0.1, -0.05) is 24.8 Å². The molecule has 1 aromatic carbocycles. The van der Waals surface area contributed by atoms with Crippen molar-refractivity contribution < 1.29 is 14.3 Å². The van der Waals surface area contributed by atoms with Crippen molar-refractivity contribution in [1.82, 2.24) is 15.3 Å². The van der Waals surface area contributed by atoms with Crippen molar-refractivity contribution in [2.24, 2.45) is 0 Å². The van der Waals surface area contributed by atoms with E-state index >= 15 is 0 Å². The summed E-state index contributed by atoms with van der Waals surface area (Å²) in [6.07, 6.45) is 1.57. The Labute approximate surface area is 160 Å². The second-order valence-corrected chi connectivity index (χ2v) is 7.01. The van der Waals surface area contributed by atoms with Crippen LogP contribution in [0, 0.1) is 0 Å². The molecule has 9 heteroatoms. The number of carbonyl (C=O) groups is 1. The first-order chi connectivity index (χ1) is 13.0. The summed E-state index contributed by atoms with van der Waals surface area (Å²) in [4.78, 5) is 30.3. The molecule has 27 heavy (non-hydrogen) atoms. The molecule has 0 unspecified atom stereocenters. The quantitative estimate of drug-likeness (QED) is 0.509. The lowest BCUT2D eigenvalue weighted by Gasteiger charge is -2.19. The molecular formula is C18H22N4O4S. The van der Waals surface area contributed by atoms with Crippen LogP contribution in [0.4, 0.5) is 5.82 Å². The van der Waals surface area contributed by atoms with E-state index in [9.17, 15) is 9.59 Å². The van der Waals surface area contributed by atoms with Crippen molar-refractivity contribution in [3.63, 3.8) is 0 Å². The first-order valence-corrected chi connectivity index (χ1v) is 9.72. The fourth-order valence-electron chi connectivity index (χ4n) is 2.71. The number of benzene rings is 1. The molecule has 0 spiro atoms. The fraction of sp³-hybridized carbons (Fsp3) is 0.389. The molecule has 0 aliphatic carbocycles. The normalized spacial score (nSPS) is 14.3. The number of fused-ring (bicyclic) bond motifs is 1. The molecule has 1 aliphatic heterocycles. The van der Waals surface area contributed by atoms with Crippen molar-refractivity contribution in [2.45, 2.75) is 31.0 Å². The fourth-order valence-corrected chi connectivity index (χ4v) is 3.40. The zero-order valence-electron chi connectivity index (χ0n) is 15.0. The van der Waals surface area contributed by atoms with Crippen LogP contribution in [-0.2, 0) is 4.79 Å². The summed E-state index contributed by atoms with van der Waals surface area (Å²) in [5.74, 6) is 1.51. The third kappa shape index (κ3) is 5.16. The molecule has 0 fully saturated rings. The molecule has 0 radical (unpaired) electrons. The van der Waals surface area contributed by atoms with Crippen LogP contribution in [0.25, 0.3) is 0 Å². The minimum atomic E-state index is -0.343. The monoisotopic (exact) mass is 390 g/mol. The molecule has 144 valence electrons. The van der Waals surface area contributed by atoms with Crippen molar-refractivity contribution in [2.75, 3.05) is 24.7 Å². The summed E-state index contributed by atoms with van der Waals surface area (Å²) in [6.45, 7) is 3.25. The average molecular weight is 390 g/mol. The van der Waals surface area contributed by atoms with Gasteiger partial charge in [0.05, 0.1) is 25.0 Å². The summed E-state index contributed by atoms with van der Waals surface area (Å²) in [6, 6.07) is 6.77. The number of anilines is 1. The number of rotatable bonds is 6. The summed E-state index contributed by atoms with van der Waals surface area (Å²) in [7, 11) is 0. The summed E-state index contributed by atoms with van der Waals surface area (Å²) >= 11 is 1.13. The van der Waals surface area contributed by atoms with Gasteiger partial charge in [0.1, 0.15) is 5.82 Å². The molecule has 3 rings (SSSR count). The Morgan fingerprint density at radius 3 is 2.85 bits per heavy atom. The highest BCUT2D eigenvalue weighted by Gasteiger charge is 2.17. The number of hydrogen-bond donors (Lipinski definition) is 3. The predicted octanol–water partition coefficient (Wildman–Crippen LogP) is 1.87. The van der Waals surface area contributed by atoms with Gasteiger partial charge in [-0.3, -0.25) is 9.59 Å². The van der Waals surface area contributed by atoms with E-state index in [1.807, 2.05) is 25.1 Å². The van der Waals surface area contributed by atoms with E-state index in [1.165, 1.54) is 6.07 Å². The topological polar surface area (TPSA) is 119 Å². The number of ether oxygens (including phenoxy) is 2. The number of thioether (sulfide) groups is 1. The lowest BCUT2D eigenvalue weighted by molar-refractivity contribution is -0.119. The van der Waals surface area contributed by atoms with E-state index in [1.54, 1.807) is 0 Å². The Bertz CT molecular complexity index is 871. The third-order valence-electron chi connectivity index (χ3n) is 4.00. The summed E-state index contributed by atoms with van der Waals surface area (Å²) in [5, 5.41) is 3.32. The number of H-pyrrole nitrogens is 1. The molecule has 8 nitrogen and oxygen atoms in total. The number of hydrogen-bond acceptors (Lipinski definition) is 7. The zero-order chi connectivity index (χ0) is 19.2. The predicted molar refractivity (Wildman–Crippen MR) is 103 cm³/mol. The Hall–Kier alpha value is -2.68. The minimum absolute atomic E-state index is 0.118. The first kappa shape index (κ1) is 19.1. The number of nitrogen functional groups attached to an aromatic ring is 1. The van der Waals surface area contributed by atoms with E-state index in [2.05, 4.69) is 15.3 Å². The highest BCUT2D eigenvalue weighted by molar-refractivity contribution is 7.99. The number of nitrogens with one attached hydrogen (secondary N) is 2. The van der Waals surface area contributed by atoms with Gasteiger partial charge in [-0.2, -0.15) is 0 Å². The standard InChI is InChI=1S/C18H22N4O4S/c1-2-12(11-4-5-13-14(8-11)26-7-3-6-25-13)20-17(24)10-27-18-21-15(19)9-16(23)22-18/h4-5,8-9,12H,2-3,6-7,10H2,1H3,(H,20,24)(H3,19,21,22,23)/t12-/m0/s1. The van der Waals surface area contributed by atoms with Gasteiger partial charge in [-0.15, -0.1) is 0 Å². The smallest absolute Gasteiger partial charge is 0.253 e. The van der Waals surface area contributed by atoms with Crippen LogP contribution in [0.5, 0.6) is 11.5 Å². The molecule has 1 aliphatic rings. The van der Waals surface area contributed by atoms with Gasteiger partial charge in [-0.05, 0) is 24.1 Å². The number of nitrogens with zero attached hydrogens (tertiary/aromatic N) is 1. The van der Waals surface area contributed by atoms with Gasteiger partial charge in [0.2, 0.25) is 5.91 Å². The van der Waals surface area contributed by atoms with Crippen LogP contribution in [0.3, 0.4) is 0 Å². The number of amides is 1. The maximum Gasteiger partial charge on any atom is 0.253 e. The van der Waals surface area contributed by atoms with Crippen LogP contribution in [0.15, 0.2) is 34.2 Å². The van der Waals surface area contributed by atoms with E-state index in [-0.39, 0.29) is 29.1 Å². The van der Waals surface area contributed by atoms with E-state index in [0.29, 0.717) is 24.1 Å². The van der Waals surface area contributed by atoms with E-state index in [4.69, 9.17) is 15.2 Å². The Kier molecular flexibility index (Phi) is 6.23. The molecule has 2 heterocycles. The number of carbonyl (C=O) groups excluding carboxylic acids is 1. The molecule has 1 atom stereocenters. The molecule has 2 aromatic rings. The minimum Gasteiger partial charge on any atom is -0.490 e. The van der Waals surface area contributed by atoms with Crippen molar-refractivity contribution >= 4 is 23.5 Å². The highest BCUT2D eigenvalue weighted by atomic mass is 32.2. The van der Waals surface area contributed by atoms with Gasteiger partial charge in [0.15, 0.2) is 16.7 Å². The van der Waals surface area contributed by atoms with E-state index in [0.717, 1.165) is 35.9 Å². The largest absolute Gasteiger partial charge is 0.490 e. The average Bonchev–Trinajstić information content (AvgIpc) is 2.88. The van der Waals surface area contributed by atoms with Gasteiger partial charge < -0.3 is 25.5 Å². The van der Waals surface area contributed by atoms with Gasteiger partial charge in [-0.25, -0.2) is 4.98 Å². The van der Waals surface area contributed by atoms with E-state index < -0.39 is 0 Å². The van der Waals surface area contributed by atoms with Crippen molar-refractivity contribution in [3.8, 4) is 11.5 Å². The highest BCUT2D eigenvalue weighted by Crippen LogP contribution is 2.33. The Morgan fingerprint density at radius 1 is 1.33 bits per heavy atom. The maximum absolute atomic E-state index is 12.3. The van der Waals surface area contributed by atoms with Gasteiger partial charge in [0, 0.05) is 12.5 Å². The number of aromatic nitrogens is 2. The molecule has 0 bridgehead atoms. The molecule has 0 saturated heterocycles. The third-order valence-corrected chi connectivity index (χ3v) is 4.87. The first-order valence-electron chi connectivity index (χ1n) is 8.73. The molecule has 1 amide bonds. The van der Waals surface area contributed by atoms with Crippen LogP contribution < -0.4 is 26.1 Å². The lowest BCUT2D eigenvalue weighted by atomic mass is 10.0. The van der Waals surface area contributed by atoms with Crippen LogP contribution in [0.1, 0.15) is 31.4 Å². The Balaban J connectivity index is 1.63. The zero-order valence-corrected chi connectivity index (χ0v) is 15.8. The van der Waals surface area contributed by atoms with Crippen molar-refractivity contribution in [1.29, 1.82) is 0 Å². The van der Waals surface area contributed by atoms with Crippen LogP contribution in [-0.4, -0.2) is 34.8 Å². The summed E-state index contributed by atoms with van der Waals surface area (Å²) in [5.41, 5.74) is 6.15. The molecule has 1 aromatic heterocycles. The molecular weight excluding hydrogens is 368 g/mol. The number of nitrogens with two attached hydrogens (primary N) is 1. The Morgan fingerprint density at radius 2 is 2.11 bits per heavy atom. The summed E-state index contributed by atoms with van der Waals surface area (Å²) < 4.78 is 11.4. The SMILES string of the molecule is CC[C@H](NC(=O)CSc1nc(N)cc(=O)[nH]1)c1ccc2c(c1)OCCCO2. The second-order valence-electron chi connectivity index (χ2n) is 6.05. The maximum atomic E-state index is 12.3. The molecule has 0 saturated carbocycles.